The van der Waals surface area contributed by atoms with E-state index >= 15 is 0 Å². The molecule has 0 radical (unpaired) electrons. The predicted octanol–water partition coefficient (Wildman–Crippen LogP) is 4.97. The average Bonchev–Trinajstić information content (AvgIpc) is 3.48. The number of hydrogen-bond acceptors (Lipinski definition) is 7. The molecule has 5 rings (SSSR count). The van der Waals surface area contributed by atoms with Gasteiger partial charge in [-0.15, -0.1) is 35.0 Å². The number of alkyl halides is 3. The van der Waals surface area contributed by atoms with Crippen molar-refractivity contribution in [2.45, 2.75) is 44.6 Å². The lowest BCUT2D eigenvalue weighted by molar-refractivity contribution is -0.184. The maximum Gasteiger partial charge on any atom is 0.408 e. The van der Waals surface area contributed by atoms with Gasteiger partial charge < -0.3 is 15.2 Å². The summed E-state index contributed by atoms with van der Waals surface area (Å²) < 4.78 is 64.4. The lowest BCUT2D eigenvalue weighted by Gasteiger charge is -2.30. The molecule has 1 aliphatic rings. The first-order valence-corrected chi connectivity index (χ1v) is 12.4. The minimum Gasteiger partial charge on any atom is -0.489 e. The van der Waals surface area contributed by atoms with Crippen molar-refractivity contribution in [3.8, 4) is 17.3 Å². The topological polar surface area (TPSA) is 87.8 Å². The number of aliphatic hydroxyl groups excluding tert-OH is 1. The van der Waals surface area contributed by atoms with E-state index < -0.39 is 18.0 Å². The largest absolute Gasteiger partial charge is 0.489 e. The van der Waals surface area contributed by atoms with Crippen LogP contribution >= 0.6 is 24.8 Å². The number of likely N-dealkylation sites (tertiary alicyclic amines) is 1. The van der Waals surface area contributed by atoms with Crippen LogP contribution in [0.4, 0.5) is 17.6 Å². The minimum absolute atomic E-state index is 0. The Morgan fingerprint density at radius 2 is 1.90 bits per heavy atom. The lowest BCUT2D eigenvalue weighted by Crippen LogP contribution is -2.40. The first kappa shape index (κ1) is 31.8. The molecule has 1 fully saturated rings. The van der Waals surface area contributed by atoms with Crippen LogP contribution in [0.1, 0.15) is 31.9 Å². The zero-order valence-corrected chi connectivity index (χ0v) is 23.4. The van der Waals surface area contributed by atoms with Crippen molar-refractivity contribution in [1.29, 1.82) is 0 Å². The van der Waals surface area contributed by atoms with Crippen molar-refractivity contribution < 1.29 is 27.4 Å². The van der Waals surface area contributed by atoms with Gasteiger partial charge in [0.1, 0.15) is 28.8 Å². The summed E-state index contributed by atoms with van der Waals surface area (Å²) in [7, 11) is 0. The van der Waals surface area contributed by atoms with Gasteiger partial charge in [-0.2, -0.15) is 13.2 Å². The van der Waals surface area contributed by atoms with Crippen LogP contribution in [-0.2, 0) is 0 Å². The van der Waals surface area contributed by atoms with E-state index in [2.05, 4.69) is 20.5 Å². The minimum atomic E-state index is -4.51. The van der Waals surface area contributed by atoms with Gasteiger partial charge >= 0.3 is 6.18 Å². The fourth-order valence-corrected chi connectivity index (χ4v) is 4.94. The van der Waals surface area contributed by atoms with Gasteiger partial charge in [0.05, 0.1) is 12.7 Å². The number of hydrogen-bond donors (Lipinski definition) is 2. The number of halogens is 6. The average molecular weight is 605 g/mol. The summed E-state index contributed by atoms with van der Waals surface area (Å²) in [6.45, 7) is 4.36. The molecule has 8 nitrogen and oxygen atoms in total. The highest BCUT2D eigenvalue weighted by Crippen LogP contribution is 2.40. The molecule has 2 atom stereocenters. The van der Waals surface area contributed by atoms with Gasteiger partial charge in [0.25, 0.3) is 0 Å². The van der Waals surface area contributed by atoms with Gasteiger partial charge in [-0.25, -0.2) is 9.37 Å². The smallest absolute Gasteiger partial charge is 0.408 e. The monoisotopic (exact) mass is 604 g/mol. The van der Waals surface area contributed by atoms with E-state index in [-0.39, 0.29) is 73.8 Å². The molecule has 1 unspecified atom stereocenters. The molecule has 0 saturated carbocycles. The molecule has 218 valence electrons. The molecule has 0 amide bonds. The summed E-state index contributed by atoms with van der Waals surface area (Å²) in [5, 5.41) is 21.0. The van der Waals surface area contributed by atoms with Crippen LogP contribution in [0, 0.1) is 5.82 Å². The Kier molecular flexibility index (Phi) is 10.2. The number of rotatable bonds is 8. The zero-order valence-electron chi connectivity index (χ0n) is 21.7. The number of fused-ring (bicyclic) bond motifs is 2. The highest BCUT2D eigenvalue weighted by Gasteiger charge is 2.46. The van der Waals surface area contributed by atoms with Crippen LogP contribution in [0.15, 0.2) is 42.6 Å². The Labute approximate surface area is 240 Å². The third-order valence-electron chi connectivity index (χ3n) is 6.49. The van der Waals surface area contributed by atoms with Crippen molar-refractivity contribution >= 4 is 41.4 Å². The molecule has 40 heavy (non-hydrogen) atoms. The summed E-state index contributed by atoms with van der Waals surface area (Å²) in [4.78, 5) is 6.03. The number of nitrogens with zero attached hydrogens (tertiary/aromatic N) is 5. The summed E-state index contributed by atoms with van der Waals surface area (Å²) >= 11 is 0. The third-order valence-corrected chi connectivity index (χ3v) is 6.49. The number of ether oxygens (including phenoxy) is 1. The van der Waals surface area contributed by atoms with E-state index in [9.17, 15) is 17.6 Å². The van der Waals surface area contributed by atoms with Crippen LogP contribution in [0.2, 0.25) is 0 Å². The van der Waals surface area contributed by atoms with Crippen LogP contribution in [-0.4, -0.2) is 74.2 Å². The quantitative estimate of drug-likeness (QED) is 0.274. The molecule has 0 aliphatic carbocycles. The number of benzene rings is 1. The molecule has 4 aromatic rings. The fourth-order valence-electron chi connectivity index (χ4n) is 4.94. The Hall–Kier alpha value is -2.77. The summed E-state index contributed by atoms with van der Waals surface area (Å²) in [6.07, 6.45) is -2.78. The van der Waals surface area contributed by atoms with Gasteiger partial charge in [-0.1, -0.05) is 12.1 Å². The van der Waals surface area contributed by atoms with Crippen LogP contribution < -0.4 is 10.1 Å². The van der Waals surface area contributed by atoms with Crippen LogP contribution in [0.3, 0.4) is 0 Å². The number of nitrogens with one attached hydrogen (secondary N) is 1. The molecule has 4 heterocycles. The van der Waals surface area contributed by atoms with Crippen LogP contribution in [0.5, 0.6) is 5.75 Å². The van der Waals surface area contributed by atoms with Gasteiger partial charge in [-0.05, 0) is 44.0 Å². The van der Waals surface area contributed by atoms with Crippen molar-refractivity contribution in [3.63, 3.8) is 0 Å². The van der Waals surface area contributed by atoms with Crippen LogP contribution in [0.25, 0.3) is 28.1 Å². The van der Waals surface area contributed by atoms with Gasteiger partial charge in [0, 0.05) is 43.3 Å². The van der Waals surface area contributed by atoms with Crippen molar-refractivity contribution in [1.82, 2.24) is 29.8 Å². The van der Waals surface area contributed by atoms with Crippen molar-refractivity contribution in [2.75, 3.05) is 26.2 Å². The van der Waals surface area contributed by atoms with Gasteiger partial charge in [0.2, 0.25) is 0 Å². The highest BCUT2D eigenvalue weighted by molar-refractivity contribution is 5.86. The van der Waals surface area contributed by atoms with Gasteiger partial charge in [0.15, 0.2) is 11.5 Å². The van der Waals surface area contributed by atoms with E-state index in [1.165, 1.54) is 39.8 Å². The first-order chi connectivity index (χ1) is 18.1. The van der Waals surface area contributed by atoms with E-state index in [4.69, 9.17) is 9.84 Å². The second-order valence-electron chi connectivity index (χ2n) is 9.66. The predicted molar refractivity (Wildman–Crippen MR) is 148 cm³/mol. The van der Waals surface area contributed by atoms with E-state index in [1.807, 2.05) is 13.8 Å². The highest BCUT2D eigenvalue weighted by atomic mass is 35.5. The van der Waals surface area contributed by atoms with E-state index in [0.717, 1.165) is 0 Å². The fraction of sp³-hybridized carbons (Fsp3) is 0.423. The lowest BCUT2D eigenvalue weighted by atomic mass is 10.1. The standard InChI is InChI=1S/C26H28F4N6O2.2ClH/c1-15(2)38-21-12-18(27)11-16-3-5-20(32-23(16)21)25-34-33-22-6-4-17(13-36(22)25)24(26(28,29)30)35-9-7-19(14-35)31-8-10-37;;/h3-6,11-13,15,19,24,31,37H,7-10,14H2,1-2H3;2*1H/t19?,24-;;/m1../s1. The summed E-state index contributed by atoms with van der Waals surface area (Å²) in [5.74, 6) is 0.0597. The second-order valence-corrected chi connectivity index (χ2v) is 9.66. The molecule has 3 aromatic heterocycles. The molecule has 0 spiro atoms. The van der Waals surface area contributed by atoms with Gasteiger partial charge in [-0.3, -0.25) is 9.30 Å². The number of pyridine rings is 2. The zero-order chi connectivity index (χ0) is 27.0. The SMILES string of the molecule is CC(C)Oc1cc(F)cc2ccc(-c3nnc4ccc([C@@H](N5CCC(NCCO)C5)C(F)(F)F)cn34)nc12.Cl.Cl. The molecule has 1 saturated heterocycles. The molecular formula is C26H30Cl2F4N6O2. The summed E-state index contributed by atoms with van der Waals surface area (Å²) in [5.41, 5.74) is 1.20. The molecule has 1 aliphatic heterocycles. The molecule has 1 aromatic carbocycles. The Bertz CT molecular complexity index is 1450. The maximum absolute atomic E-state index is 14.3. The number of aromatic nitrogens is 4. The van der Waals surface area contributed by atoms with E-state index in [1.54, 1.807) is 12.1 Å². The van der Waals surface area contributed by atoms with Crippen molar-refractivity contribution in [3.05, 3.63) is 54.0 Å². The maximum atomic E-state index is 14.3. The number of aliphatic hydroxyl groups is 1. The Morgan fingerprint density at radius 3 is 2.60 bits per heavy atom. The molecule has 14 heteroatoms. The Balaban J connectivity index is 0.00000220. The molecular weight excluding hydrogens is 575 g/mol. The van der Waals surface area contributed by atoms with Crippen molar-refractivity contribution in [2.24, 2.45) is 0 Å². The summed E-state index contributed by atoms with van der Waals surface area (Å²) in [6, 6.07) is 6.87. The second kappa shape index (κ2) is 12.8. The first-order valence-electron chi connectivity index (χ1n) is 12.4. The van der Waals surface area contributed by atoms with E-state index in [0.29, 0.717) is 35.2 Å². The Morgan fingerprint density at radius 1 is 1.12 bits per heavy atom. The molecule has 0 bridgehead atoms. The normalized spacial score (nSPS) is 16.8. The third kappa shape index (κ3) is 6.58. The molecule has 2 N–H and O–H groups in total.